The maximum atomic E-state index is 13.5. The summed E-state index contributed by atoms with van der Waals surface area (Å²) in [6.07, 6.45) is 0.489. The summed E-state index contributed by atoms with van der Waals surface area (Å²) in [5.41, 5.74) is 7.98. The Bertz CT molecular complexity index is 1710. The van der Waals surface area contributed by atoms with Crippen molar-refractivity contribution in [2.75, 3.05) is 24.4 Å². The molecule has 0 heterocycles. The molecule has 1 saturated carbocycles. The van der Waals surface area contributed by atoms with Crippen LogP contribution in [0.15, 0.2) is 109 Å². The van der Waals surface area contributed by atoms with Gasteiger partial charge < -0.3 is 20.7 Å². The van der Waals surface area contributed by atoms with Gasteiger partial charge in [0.25, 0.3) is 5.91 Å². The molecule has 4 aromatic rings. The predicted molar refractivity (Wildman–Crippen MR) is 182 cm³/mol. The van der Waals surface area contributed by atoms with Crippen LogP contribution in [-0.4, -0.2) is 26.2 Å². The normalized spacial score (nSPS) is 13.8. The Hall–Kier alpha value is -4.56. The summed E-state index contributed by atoms with van der Waals surface area (Å²) in [6, 6.07) is 26.1. The van der Waals surface area contributed by atoms with Crippen molar-refractivity contribution < 1.29 is 22.7 Å². The molecule has 1 unspecified atom stereocenters. The number of hydrogen-bond donors (Lipinski definition) is 2. The summed E-state index contributed by atoms with van der Waals surface area (Å²) in [7, 11) is 3.15. The molecule has 5 nitrogen and oxygen atoms in total. The minimum absolute atomic E-state index is 0.116. The first kappa shape index (κ1) is 34.3. The lowest BCUT2D eigenvalue weighted by molar-refractivity contribution is -0.112. The Morgan fingerprint density at radius 3 is 2.41 bits per heavy atom. The Morgan fingerprint density at radius 1 is 1.07 bits per heavy atom. The number of allylic oxidation sites excluding steroid dienone is 2. The van der Waals surface area contributed by atoms with E-state index < -0.39 is 17.7 Å². The van der Waals surface area contributed by atoms with E-state index in [0.29, 0.717) is 11.4 Å². The van der Waals surface area contributed by atoms with Crippen LogP contribution >= 0.6 is 0 Å². The van der Waals surface area contributed by atoms with E-state index in [4.69, 9.17) is 10.5 Å². The lowest BCUT2D eigenvalue weighted by Crippen LogP contribution is -2.29. The summed E-state index contributed by atoms with van der Waals surface area (Å²) < 4.78 is 46.0. The van der Waals surface area contributed by atoms with Gasteiger partial charge in [0.2, 0.25) is 0 Å². The molecule has 1 aliphatic carbocycles. The van der Waals surface area contributed by atoms with Crippen LogP contribution in [0.2, 0.25) is 0 Å². The van der Waals surface area contributed by atoms with Gasteiger partial charge in [-0.1, -0.05) is 94.3 Å². The largest absolute Gasteiger partial charge is 0.496 e. The SMILES string of the molecule is C=C(/C=C(/C(=O)Nc1cccc(C(C)c2c(OC)ccc3ccccc23)c1)N(C)c1cccc(CN)c1)C(F)(F)F.CCC1CC1. The minimum atomic E-state index is -4.70. The number of alkyl halides is 3. The lowest BCUT2D eigenvalue weighted by Gasteiger charge is -2.24. The molecule has 1 fully saturated rings. The summed E-state index contributed by atoms with van der Waals surface area (Å²) >= 11 is 0. The Labute approximate surface area is 269 Å². The van der Waals surface area contributed by atoms with Gasteiger partial charge in [-0.15, -0.1) is 0 Å². The molecule has 0 saturated heterocycles. The van der Waals surface area contributed by atoms with Gasteiger partial charge in [-0.3, -0.25) is 4.79 Å². The van der Waals surface area contributed by atoms with E-state index >= 15 is 0 Å². The molecule has 0 radical (unpaired) electrons. The average Bonchev–Trinajstić information content (AvgIpc) is 3.91. The Balaban J connectivity index is 0.000000874. The molecule has 0 aliphatic heterocycles. The van der Waals surface area contributed by atoms with Crippen LogP contribution < -0.4 is 20.7 Å². The quantitative estimate of drug-likeness (QED) is 0.136. The third-order valence-electron chi connectivity index (χ3n) is 8.31. The fourth-order valence-corrected chi connectivity index (χ4v) is 5.27. The number of amides is 1. The van der Waals surface area contributed by atoms with Crippen LogP contribution in [-0.2, 0) is 11.3 Å². The van der Waals surface area contributed by atoms with Gasteiger partial charge in [0.15, 0.2) is 0 Å². The van der Waals surface area contributed by atoms with Gasteiger partial charge >= 0.3 is 6.18 Å². The third-order valence-corrected chi connectivity index (χ3v) is 8.31. The number of methoxy groups -OCH3 is 1. The summed E-state index contributed by atoms with van der Waals surface area (Å²) in [6.45, 7) is 7.69. The first-order valence-electron chi connectivity index (χ1n) is 15.4. The van der Waals surface area contributed by atoms with Gasteiger partial charge in [-0.25, -0.2) is 0 Å². The second-order valence-corrected chi connectivity index (χ2v) is 11.5. The zero-order chi connectivity index (χ0) is 33.4. The summed E-state index contributed by atoms with van der Waals surface area (Å²) in [5, 5.41) is 4.89. The molecule has 46 heavy (non-hydrogen) atoms. The van der Waals surface area contributed by atoms with Crippen molar-refractivity contribution >= 4 is 28.1 Å². The number of carbonyl (C=O) groups excluding carboxylic acids is 1. The minimum Gasteiger partial charge on any atom is -0.496 e. The summed E-state index contributed by atoms with van der Waals surface area (Å²) in [4.78, 5) is 14.9. The van der Waals surface area contributed by atoms with Crippen LogP contribution in [0.3, 0.4) is 0 Å². The number of halogens is 3. The molecule has 0 aromatic heterocycles. The van der Waals surface area contributed by atoms with Gasteiger partial charge in [-0.2, -0.15) is 13.2 Å². The number of benzene rings is 4. The van der Waals surface area contributed by atoms with Gasteiger partial charge in [0.1, 0.15) is 11.4 Å². The zero-order valence-corrected chi connectivity index (χ0v) is 26.8. The number of nitrogens with one attached hydrogen (secondary N) is 1. The van der Waals surface area contributed by atoms with Crippen LogP contribution in [0.1, 0.15) is 55.7 Å². The first-order valence-corrected chi connectivity index (χ1v) is 15.4. The number of ether oxygens (including phenoxy) is 1. The number of anilines is 2. The highest BCUT2D eigenvalue weighted by Crippen LogP contribution is 2.38. The second-order valence-electron chi connectivity index (χ2n) is 11.5. The summed E-state index contributed by atoms with van der Waals surface area (Å²) in [5.74, 6) is 1.04. The van der Waals surface area contributed by atoms with Crippen molar-refractivity contribution in [3.05, 3.63) is 126 Å². The standard InChI is InChI=1S/C33H32F3N3O2.C5H10/c1-21(33(34,35)36)17-29(39(3)27-13-7-9-23(18-27)20-37)32(40)38-26-12-8-11-25(19-26)22(2)31-28-14-6-5-10-24(28)15-16-30(31)41-4;1-2-5-3-4-5/h5-19,22H,1,20,37H2,2-4H3,(H,38,40);5H,2-4H2,1H3/b29-17-;. The lowest BCUT2D eigenvalue weighted by atomic mass is 9.88. The monoisotopic (exact) mass is 629 g/mol. The molecule has 5 rings (SSSR count). The van der Waals surface area contributed by atoms with Crippen molar-refractivity contribution in [1.29, 1.82) is 0 Å². The van der Waals surface area contributed by atoms with E-state index in [2.05, 4.69) is 18.8 Å². The van der Waals surface area contributed by atoms with E-state index in [1.807, 2.05) is 55.5 Å². The molecule has 1 amide bonds. The van der Waals surface area contributed by atoms with Crippen molar-refractivity contribution in [3.63, 3.8) is 0 Å². The molecular weight excluding hydrogens is 587 g/mol. The zero-order valence-electron chi connectivity index (χ0n) is 26.8. The number of carbonyl (C=O) groups is 1. The average molecular weight is 630 g/mol. The van der Waals surface area contributed by atoms with E-state index in [-0.39, 0.29) is 18.2 Å². The highest BCUT2D eigenvalue weighted by Gasteiger charge is 2.32. The van der Waals surface area contributed by atoms with Crippen LogP contribution in [0.4, 0.5) is 24.5 Å². The maximum Gasteiger partial charge on any atom is 0.415 e. The highest BCUT2D eigenvalue weighted by atomic mass is 19.4. The van der Waals surface area contributed by atoms with Gasteiger partial charge in [0, 0.05) is 36.4 Å². The molecular formula is C38H42F3N3O2. The third kappa shape index (κ3) is 8.57. The predicted octanol–water partition coefficient (Wildman–Crippen LogP) is 9.34. The number of nitrogens with zero attached hydrogens (tertiary/aromatic N) is 1. The number of hydrogen-bond acceptors (Lipinski definition) is 4. The van der Waals surface area contributed by atoms with Crippen molar-refractivity contribution in [2.24, 2.45) is 11.7 Å². The first-order chi connectivity index (χ1) is 22.0. The van der Waals surface area contributed by atoms with E-state index in [0.717, 1.165) is 45.2 Å². The molecule has 1 aliphatic rings. The fourth-order valence-electron chi connectivity index (χ4n) is 5.27. The Morgan fingerprint density at radius 2 is 1.78 bits per heavy atom. The maximum absolute atomic E-state index is 13.5. The van der Waals surface area contributed by atoms with Crippen molar-refractivity contribution in [1.82, 2.24) is 0 Å². The van der Waals surface area contributed by atoms with Gasteiger partial charge in [0.05, 0.1) is 12.7 Å². The molecule has 0 spiro atoms. The molecule has 8 heteroatoms. The van der Waals surface area contributed by atoms with E-state index in [1.165, 1.54) is 31.2 Å². The topological polar surface area (TPSA) is 67.6 Å². The highest BCUT2D eigenvalue weighted by molar-refractivity contribution is 6.06. The molecule has 242 valence electrons. The van der Waals surface area contributed by atoms with Crippen LogP contribution in [0, 0.1) is 5.92 Å². The van der Waals surface area contributed by atoms with Crippen molar-refractivity contribution in [2.45, 2.75) is 51.7 Å². The smallest absolute Gasteiger partial charge is 0.415 e. The number of rotatable bonds is 10. The fraction of sp³-hybridized carbons (Fsp3) is 0.289. The molecule has 3 N–H and O–H groups in total. The number of nitrogens with two attached hydrogens (primary N) is 1. The van der Waals surface area contributed by atoms with E-state index in [1.54, 1.807) is 43.5 Å². The Kier molecular flexibility index (Phi) is 11.3. The molecule has 4 aromatic carbocycles. The number of likely N-dealkylation sites (N-methyl/N-ethyl adjacent to an activating group) is 1. The van der Waals surface area contributed by atoms with Crippen LogP contribution in [0.5, 0.6) is 5.75 Å². The number of fused-ring (bicyclic) bond motifs is 1. The van der Waals surface area contributed by atoms with Gasteiger partial charge in [-0.05, 0) is 64.2 Å². The second kappa shape index (κ2) is 15.1. The van der Waals surface area contributed by atoms with Crippen molar-refractivity contribution in [3.8, 4) is 5.75 Å². The van der Waals surface area contributed by atoms with Crippen LogP contribution in [0.25, 0.3) is 10.8 Å². The molecule has 1 atom stereocenters. The van der Waals surface area contributed by atoms with E-state index in [9.17, 15) is 18.0 Å². The molecule has 0 bridgehead atoms.